The van der Waals surface area contributed by atoms with E-state index in [1.54, 1.807) is 0 Å². The number of alkyl halides is 6. The van der Waals surface area contributed by atoms with Crippen molar-refractivity contribution in [3.05, 3.63) is 11.5 Å². The van der Waals surface area contributed by atoms with E-state index in [0.29, 0.717) is 0 Å². The summed E-state index contributed by atoms with van der Waals surface area (Å²) in [7, 11) is -3.05. The standard InChI is InChI=1S/C12H18F6NO4P/c1-9(2)10(3,4)23-24(22-9,19(5)6)20-7(11(13,14)15)8(21-24)12(16,17)18/h1-6H3. The van der Waals surface area contributed by atoms with Crippen LogP contribution in [-0.4, -0.2) is 42.3 Å². The Bertz CT molecular complexity index is 549. The summed E-state index contributed by atoms with van der Waals surface area (Å²) in [5.74, 6) is -4.62. The Kier molecular flexibility index (Phi) is 3.82. The van der Waals surface area contributed by atoms with Gasteiger partial charge >= 0.3 is 134 Å². The summed E-state index contributed by atoms with van der Waals surface area (Å²) >= 11 is 0. The minimum absolute atomic E-state index is 0.868. The third-order valence-corrected chi connectivity index (χ3v) is 7.88. The molecule has 5 nitrogen and oxygen atoms in total. The summed E-state index contributed by atoms with van der Waals surface area (Å²) in [6.45, 7) is 5.85. The zero-order valence-corrected chi connectivity index (χ0v) is 14.7. The molecule has 0 aromatic carbocycles. The van der Waals surface area contributed by atoms with Gasteiger partial charge in [0.2, 0.25) is 0 Å². The van der Waals surface area contributed by atoms with E-state index in [2.05, 4.69) is 0 Å². The third kappa shape index (κ3) is 2.56. The Balaban J connectivity index is 2.67. The molecule has 1 fully saturated rings. The van der Waals surface area contributed by atoms with Gasteiger partial charge in [-0.2, -0.15) is 0 Å². The van der Waals surface area contributed by atoms with Gasteiger partial charge in [0.1, 0.15) is 0 Å². The minimum atomic E-state index is -5.44. The summed E-state index contributed by atoms with van der Waals surface area (Å²) in [4.78, 5) is 0. The normalized spacial score (nSPS) is 29.3. The molecule has 2 aliphatic rings. The summed E-state index contributed by atoms with van der Waals surface area (Å²) in [5.41, 5.74) is -2.57. The van der Waals surface area contributed by atoms with E-state index in [1.165, 1.54) is 41.8 Å². The van der Waals surface area contributed by atoms with Crippen LogP contribution in [0, 0.1) is 0 Å². The Labute approximate surface area is 134 Å². The van der Waals surface area contributed by atoms with Crippen LogP contribution in [0.25, 0.3) is 0 Å². The molecule has 24 heavy (non-hydrogen) atoms. The Morgan fingerprint density at radius 1 is 0.750 bits per heavy atom. The van der Waals surface area contributed by atoms with Crippen molar-refractivity contribution in [3.8, 4) is 0 Å². The molecule has 0 atom stereocenters. The van der Waals surface area contributed by atoms with Gasteiger partial charge in [0.25, 0.3) is 0 Å². The number of halogens is 6. The van der Waals surface area contributed by atoms with Crippen LogP contribution < -0.4 is 0 Å². The van der Waals surface area contributed by atoms with E-state index in [9.17, 15) is 26.3 Å². The molecule has 0 bridgehead atoms. The molecule has 2 rings (SSSR count). The number of hydrogen-bond donors (Lipinski definition) is 0. The fourth-order valence-corrected chi connectivity index (χ4v) is 6.00. The van der Waals surface area contributed by atoms with Crippen molar-refractivity contribution in [1.82, 2.24) is 4.67 Å². The Morgan fingerprint density at radius 3 is 1.25 bits per heavy atom. The second kappa shape index (κ2) is 4.69. The monoisotopic (exact) mass is 385 g/mol. The maximum absolute atomic E-state index is 13.1. The van der Waals surface area contributed by atoms with Crippen LogP contribution in [0.1, 0.15) is 27.7 Å². The number of allylic oxidation sites excluding steroid dienone is 2. The second-order valence-electron chi connectivity index (χ2n) is 6.66. The summed E-state index contributed by atoms with van der Waals surface area (Å²) in [6.07, 6.45) is -10.9. The fraction of sp³-hybridized carbons (Fsp3) is 0.833. The van der Waals surface area contributed by atoms with Gasteiger partial charge in [-0.15, -0.1) is 0 Å². The van der Waals surface area contributed by atoms with Crippen molar-refractivity contribution in [2.45, 2.75) is 51.2 Å². The first-order chi connectivity index (χ1) is 10.4. The van der Waals surface area contributed by atoms with Crippen LogP contribution in [0.15, 0.2) is 11.5 Å². The molecule has 0 aliphatic carbocycles. The van der Waals surface area contributed by atoms with E-state index >= 15 is 0 Å². The molecule has 142 valence electrons. The third-order valence-electron chi connectivity index (χ3n) is 4.07. The molecule has 2 heterocycles. The number of hydrogen-bond acceptors (Lipinski definition) is 5. The van der Waals surface area contributed by atoms with Crippen LogP contribution >= 0.6 is 7.66 Å². The molecule has 12 heteroatoms. The predicted molar refractivity (Wildman–Crippen MR) is 72.2 cm³/mol. The van der Waals surface area contributed by atoms with Crippen LogP contribution in [0.3, 0.4) is 0 Å². The summed E-state index contributed by atoms with van der Waals surface area (Å²) < 4.78 is 100. The van der Waals surface area contributed by atoms with E-state index in [-0.39, 0.29) is 0 Å². The van der Waals surface area contributed by atoms with Crippen LogP contribution in [-0.2, 0) is 18.1 Å². The van der Waals surface area contributed by atoms with E-state index in [1.807, 2.05) is 0 Å². The second-order valence-corrected chi connectivity index (χ2v) is 9.74. The fourth-order valence-electron chi connectivity index (χ4n) is 2.17. The molecular weight excluding hydrogens is 367 g/mol. The summed E-state index contributed by atoms with van der Waals surface area (Å²) in [6, 6.07) is 0. The van der Waals surface area contributed by atoms with Gasteiger partial charge in [0.15, 0.2) is 0 Å². The van der Waals surface area contributed by atoms with Crippen LogP contribution in [0.2, 0.25) is 0 Å². The molecule has 2 aliphatic heterocycles. The van der Waals surface area contributed by atoms with Gasteiger partial charge < -0.3 is 0 Å². The first kappa shape index (κ1) is 19.6. The summed E-state index contributed by atoms with van der Waals surface area (Å²) in [5, 5.41) is 0. The van der Waals surface area contributed by atoms with Crippen LogP contribution in [0.4, 0.5) is 26.3 Å². The SMILES string of the molecule is CN(C)P12(OC(C(F)(F)F)=C(C(F)(F)F)O1)OC(C)(C)C(C)(C)O2. The maximum atomic E-state index is 13.1. The number of nitrogens with zero attached hydrogens (tertiary/aromatic N) is 1. The van der Waals surface area contributed by atoms with Crippen molar-refractivity contribution < 1.29 is 44.4 Å². The van der Waals surface area contributed by atoms with Crippen molar-refractivity contribution in [2.24, 2.45) is 0 Å². The molecule has 0 radical (unpaired) electrons. The Morgan fingerprint density at radius 2 is 1.04 bits per heavy atom. The van der Waals surface area contributed by atoms with Gasteiger partial charge in [-0.25, -0.2) is 0 Å². The average molecular weight is 385 g/mol. The molecular formula is C12H18F6NO4P. The van der Waals surface area contributed by atoms with Crippen molar-refractivity contribution in [3.63, 3.8) is 0 Å². The van der Waals surface area contributed by atoms with Gasteiger partial charge in [0, 0.05) is 0 Å². The average Bonchev–Trinajstić information content (AvgIpc) is 2.71. The zero-order valence-electron chi connectivity index (χ0n) is 13.8. The van der Waals surface area contributed by atoms with E-state index in [4.69, 9.17) is 18.1 Å². The van der Waals surface area contributed by atoms with Crippen molar-refractivity contribution in [1.29, 1.82) is 0 Å². The van der Waals surface area contributed by atoms with E-state index in [0.717, 1.165) is 4.67 Å². The molecule has 0 N–H and O–H groups in total. The quantitative estimate of drug-likeness (QED) is 0.485. The van der Waals surface area contributed by atoms with E-state index < -0.39 is 42.7 Å². The molecule has 0 saturated carbocycles. The molecule has 0 aromatic rings. The predicted octanol–water partition coefficient (Wildman–Crippen LogP) is 4.66. The van der Waals surface area contributed by atoms with Crippen molar-refractivity contribution >= 4 is 7.66 Å². The molecule has 0 unspecified atom stereocenters. The molecule has 0 aromatic heterocycles. The Hall–Kier alpha value is -0.770. The van der Waals surface area contributed by atoms with Crippen molar-refractivity contribution in [2.75, 3.05) is 14.1 Å². The molecule has 1 spiro atoms. The van der Waals surface area contributed by atoms with Gasteiger partial charge in [-0.3, -0.25) is 0 Å². The van der Waals surface area contributed by atoms with Gasteiger partial charge in [0.05, 0.1) is 0 Å². The molecule has 0 amide bonds. The zero-order chi connectivity index (χ0) is 19.0. The van der Waals surface area contributed by atoms with Crippen LogP contribution in [0.5, 0.6) is 0 Å². The topological polar surface area (TPSA) is 40.2 Å². The first-order valence-corrected chi connectivity index (χ1v) is 8.64. The first-order valence-electron chi connectivity index (χ1n) is 6.78. The molecule has 1 saturated heterocycles. The van der Waals surface area contributed by atoms with Gasteiger partial charge in [-0.1, -0.05) is 0 Å². The number of rotatable bonds is 1. The van der Waals surface area contributed by atoms with Gasteiger partial charge in [-0.05, 0) is 0 Å².